The van der Waals surface area contributed by atoms with Crippen molar-refractivity contribution in [3.63, 3.8) is 0 Å². The van der Waals surface area contributed by atoms with Crippen molar-refractivity contribution in [1.82, 2.24) is 0 Å². The number of hydrogen-bond donors (Lipinski definition) is 0. The first-order chi connectivity index (χ1) is 9.78. The lowest BCUT2D eigenvalue weighted by Crippen LogP contribution is -2.08. The van der Waals surface area contributed by atoms with E-state index in [2.05, 4.69) is 0 Å². The van der Waals surface area contributed by atoms with Crippen LogP contribution < -0.4 is 9.47 Å². The number of ether oxygens (including phenoxy) is 2. The van der Waals surface area contributed by atoms with Crippen LogP contribution in [0.25, 0.3) is 0 Å². The Labute approximate surface area is 118 Å². The van der Waals surface area contributed by atoms with Gasteiger partial charge in [0.1, 0.15) is 11.5 Å². The number of benzene rings is 2. The number of Topliss-reactive ketones (excluding diaryl/α,β-unsaturated/α-hetero) is 1. The minimum Gasteiger partial charge on any atom is -0.497 e. The Balaban J connectivity index is 1.73. The van der Waals surface area contributed by atoms with Crippen molar-refractivity contribution in [2.75, 3.05) is 13.7 Å². The largest absolute Gasteiger partial charge is 0.497 e. The summed E-state index contributed by atoms with van der Waals surface area (Å²) in [6.45, 7) is 0.585. The van der Waals surface area contributed by atoms with Gasteiger partial charge >= 0.3 is 0 Å². The minimum atomic E-state index is 0.137. The predicted molar refractivity (Wildman–Crippen MR) is 76.6 cm³/mol. The second kappa shape index (κ2) is 5.37. The first kappa shape index (κ1) is 12.7. The molecule has 0 spiro atoms. The molecule has 1 aliphatic heterocycles. The molecule has 20 heavy (non-hydrogen) atoms. The molecule has 1 heterocycles. The average Bonchev–Trinajstić information content (AvgIpc) is 2.91. The summed E-state index contributed by atoms with van der Waals surface area (Å²) in [4.78, 5) is 12.3. The maximum atomic E-state index is 12.3. The molecular weight excluding hydrogens is 252 g/mol. The second-order valence-electron chi connectivity index (χ2n) is 4.90. The van der Waals surface area contributed by atoms with Crippen LogP contribution in [0.1, 0.15) is 28.3 Å². The standard InChI is InChI=1S/C17H16O3/c1-19-14-8-6-12(7-9-14)16(18)10-13-11-20-17-5-3-2-4-15(13)17/h2-9,13H,10-11H2,1H3. The highest BCUT2D eigenvalue weighted by Gasteiger charge is 2.26. The van der Waals surface area contributed by atoms with E-state index in [0.717, 1.165) is 22.6 Å². The summed E-state index contributed by atoms with van der Waals surface area (Å²) in [5.41, 5.74) is 1.85. The number of ketones is 1. The Bertz CT molecular complexity index is 616. The van der Waals surface area contributed by atoms with Gasteiger partial charge in [-0.05, 0) is 30.3 Å². The van der Waals surface area contributed by atoms with Gasteiger partial charge in [0.2, 0.25) is 0 Å². The number of methoxy groups -OCH3 is 1. The molecule has 1 aliphatic rings. The molecule has 0 fully saturated rings. The summed E-state index contributed by atoms with van der Waals surface area (Å²) in [7, 11) is 1.61. The molecule has 2 aromatic rings. The second-order valence-corrected chi connectivity index (χ2v) is 4.90. The van der Waals surface area contributed by atoms with Crippen molar-refractivity contribution in [2.24, 2.45) is 0 Å². The monoisotopic (exact) mass is 268 g/mol. The molecule has 3 heteroatoms. The molecule has 0 aliphatic carbocycles. The lowest BCUT2D eigenvalue weighted by atomic mass is 9.93. The predicted octanol–water partition coefficient (Wildman–Crippen LogP) is 3.44. The van der Waals surface area contributed by atoms with E-state index >= 15 is 0 Å². The van der Waals surface area contributed by atoms with Gasteiger partial charge in [-0.25, -0.2) is 0 Å². The van der Waals surface area contributed by atoms with Crippen LogP contribution in [0, 0.1) is 0 Å². The van der Waals surface area contributed by atoms with E-state index in [9.17, 15) is 4.79 Å². The molecule has 2 aromatic carbocycles. The maximum Gasteiger partial charge on any atom is 0.163 e. The number of carbonyl (C=O) groups excluding carboxylic acids is 1. The minimum absolute atomic E-state index is 0.137. The number of carbonyl (C=O) groups is 1. The molecule has 3 rings (SSSR count). The van der Waals surface area contributed by atoms with Crippen molar-refractivity contribution in [2.45, 2.75) is 12.3 Å². The SMILES string of the molecule is COc1ccc(C(=O)CC2COc3ccccc32)cc1. The summed E-state index contributed by atoms with van der Waals surface area (Å²) >= 11 is 0. The Morgan fingerprint density at radius 2 is 1.95 bits per heavy atom. The highest BCUT2D eigenvalue weighted by Crippen LogP contribution is 2.36. The van der Waals surface area contributed by atoms with E-state index < -0.39 is 0 Å². The van der Waals surface area contributed by atoms with E-state index in [-0.39, 0.29) is 11.7 Å². The molecule has 1 unspecified atom stereocenters. The third-order valence-electron chi connectivity index (χ3n) is 3.64. The van der Waals surface area contributed by atoms with Crippen LogP contribution in [-0.2, 0) is 0 Å². The van der Waals surface area contributed by atoms with Gasteiger partial charge in [-0.15, -0.1) is 0 Å². The van der Waals surface area contributed by atoms with Gasteiger partial charge in [0.15, 0.2) is 5.78 Å². The summed E-state index contributed by atoms with van der Waals surface area (Å²) in [5, 5.41) is 0. The molecule has 0 saturated carbocycles. The smallest absolute Gasteiger partial charge is 0.163 e. The lowest BCUT2D eigenvalue weighted by Gasteiger charge is -2.08. The summed E-state index contributed by atoms with van der Waals surface area (Å²) < 4.78 is 10.7. The van der Waals surface area contributed by atoms with Crippen molar-refractivity contribution in [3.8, 4) is 11.5 Å². The van der Waals surface area contributed by atoms with Crippen LogP contribution in [0.15, 0.2) is 48.5 Å². The molecule has 0 amide bonds. The normalized spacial score (nSPS) is 16.4. The molecule has 0 N–H and O–H groups in total. The molecule has 0 radical (unpaired) electrons. The zero-order valence-electron chi connectivity index (χ0n) is 11.3. The van der Waals surface area contributed by atoms with Crippen LogP contribution in [0.3, 0.4) is 0 Å². The fourth-order valence-corrected chi connectivity index (χ4v) is 2.52. The molecule has 1 atom stereocenters. The highest BCUT2D eigenvalue weighted by atomic mass is 16.5. The Morgan fingerprint density at radius 1 is 1.20 bits per heavy atom. The summed E-state index contributed by atoms with van der Waals surface area (Å²) in [6, 6.07) is 15.2. The van der Waals surface area contributed by atoms with E-state index in [1.807, 2.05) is 48.5 Å². The molecular formula is C17H16O3. The molecule has 0 bridgehead atoms. The lowest BCUT2D eigenvalue weighted by molar-refractivity contribution is 0.0969. The number of hydrogen-bond acceptors (Lipinski definition) is 3. The topological polar surface area (TPSA) is 35.5 Å². The summed E-state index contributed by atoms with van der Waals surface area (Å²) in [6.07, 6.45) is 0.476. The fourth-order valence-electron chi connectivity index (χ4n) is 2.52. The van der Waals surface area contributed by atoms with Gasteiger partial charge in [-0.1, -0.05) is 18.2 Å². The molecule has 0 aromatic heterocycles. The van der Waals surface area contributed by atoms with Gasteiger partial charge in [-0.2, -0.15) is 0 Å². The van der Waals surface area contributed by atoms with E-state index in [1.54, 1.807) is 7.11 Å². The van der Waals surface area contributed by atoms with Crippen molar-refractivity contribution in [3.05, 3.63) is 59.7 Å². The van der Waals surface area contributed by atoms with Gasteiger partial charge < -0.3 is 9.47 Å². The van der Waals surface area contributed by atoms with Gasteiger partial charge in [-0.3, -0.25) is 4.79 Å². The molecule has 3 nitrogen and oxygen atoms in total. The van der Waals surface area contributed by atoms with Crippen molar-refractivity contribution in [1.29, 1.82) is 0 Å². The van der Waals surface area contributed by atoms with Gasteiger partial charge in [0, 0.05) is 23.5 Å². The van der Waals surface area contributed by atoms with E-state index in [0.29, 0.717) is 13.0 Å². The Kier molecular flexibility index (Phi) is 3.42. The zero-order valence-corrected chi connectivity index (χ0v) is 11.3. The highest BCUT2D eigenvalue weighted by molar-refractivity contribution is 5.96. The third kappa shape index (κ3) is 2.39. The van der Waals surface area contributed by atoms with Crippen LogP contribution in [0.2, 0.25) is 0 Å². The number of fused-ring (bicyclic) bond motifs is 1. The van der Waals surface area contributed by atoms with Crippen molar-refractivity contribution >= 4 is 5.78 Å². The number of para-hydroxylation sites is 1. The zero-order chi connectivity index (χ0) is 13.9. The van der Waals surface area contributed by atoms with Crippen LogP contribution in [0.5, 0.6) is 11.5 Å². The fraction of sp³-hybridized carbons (Fsp3) is 0.235. The van der Waals surface area contributed by atoms with Gasteiger partial charge in [0.05, 0.1) is 13.7 Å². The van der Waals surface area contributed by atoms with E-state index in [4.69, 9.17) is 9.47 Å². The first-order valence-electron chi connectivity index (χ1n) is 6.67. The van der Waals surface area contributed by atoms with Crippen LogP contribution in [0.4, 0.5) is 0 Å². The average molecular weight is 268 g/mol. The van der Waals surface area contributed by atoms with Gasteiger partial charge in [0.25, 0.3) is 0 Å². The Hall–Kier alpha value is -2.29. The van der Waals surface area contributed by atoms with E-state index in [1.165, 1.54) is 0 Å². The first-order valence-corrected chi connectivity index (χ1v) is 6.67. The maximum absolute atomic E-state index is 12.3. The van der Waals surface area contributed by atoms with Crippen LogP contribution in [-0.4, -0.2) is 19.5 Å². The number of rotatable bonds is 4. The van der Waals surface area contributed by atoms with Crippen LogP contribution >= 0.6 is 0 Å². The third-order valence-corrected chi connectivity index (χ3v) is 3.64. The quantitative estimate of drug-likeness (QED) is 0.797. The van der Waals surface area contributed by atoms with Crippen molar-refractivity contribution < 1.29 is 14.3 Å². The summed E-state index contributed by atoms with van der Waals surface area (Å²) in [5.74, 6) is 1.95. The Morgan fingerprint density at radius 3 is 2.70 bits per heavy atom. The molecule has 102 valence electrons. The molecule has 0 saturated heterocycles.